The van der Waals surface area contributed by atoms with Gasteiger partial charge >= 0.3 is 0 Å². The monoisotopic (exact) mass is 681 g/mol. The largest absolute Gasteiger partial charge is 0.355 e. The molecule has 0 fully saturated rings. The maximum absolute atomic E-state index is 14.4. The molecular weight excluding hydrogens is 650 g/mol. The number of rotatable bonds is 12. The van der Waals surface area contributed by atoms with Crippen molar-refractivity contribution in [3.63, 3.8) is 0 Å². The van der Waals surface area contributed by atoms with E-state index in [2.05, 4.69) is 21.2 Å². The first-order chi connectivity index (χ1) is 20.6. The Morgan fingerprint density at radius 1 is 0.884 bits per heavy atom. The molecule has 0 aliphatic heterocycles. The number of aryl methyl sites for hydroxylation is 1. The van der Waals surface area contributed by atoms with Crippen molar-refractivity contribution in [1.82, 2.24) is 10.2 Å². The Morgan fingerprint density at radius 3 is 2.14 bits per heavy atom. The van der Waals surface area contributed by atoms with Crippen molar-refractivity contribution < 1.29 is 18.0 Å². The highest BCUT2D eigenvalue weighted by atomic mass is 79.9. The van der Waals surface area contributed by atoms with Gasteiger partial charge < -0.3 is 10.2 Å². The first kappa shape index (κ1) is 32.3. The van der Waals surface area contributed by atoms with Gasteiger partial charge in [-0.1, -0.05) is 94.3 Å². The summed E-state index contributed by atoms with van der Waals surface area (Å²) in [6, 6.07) is 28.8. The van der Waals surface area contributed by atoms with Gasteiger partial charge in [0, 0.05) is 29.0 Å². The first-order valence-corrected chi connectivity index (χ1v) is 16.4. The van der Waals surface area contributed by atoms with E-state index in [9.17, 15) is 18.0 Å². The van der Waals surface area contributed by atoms with Gasteiger partial charge in [-0.05, 0) is 66.9 Å². The summed E-state index contributed by atoms with van der Waals surface area (Å²) in [4.78, 5) is 29.5. The number of carbonyl (C=O) groups is 2. The van der Waals surface area contributed by atoms with Gasteiger partial charge in [-0.15, -0.1) is 0 Å². The average Bonchev–Trinajstić information content (AvgIpc) is 3.01. The van der Waals surface area contributed by atoms with Gasteiger partial charge in [-0.25, -0.2) is 8.42 Å². The van der Waals surface area contributed by atoms with E-state index in [-0.39, 0.29) is 29.5 Å². The number of halogens is 2. The van der Waals surface area contributed by atoms with E-state index in [0.717, 1.165) is 19.9 Å². The lowest BCUT2D eigenvalue weighted by atomic mass is 10.0. The Kier molecular flexibility index (Phi) is 11.0. The van der Waals surface area contributed by atoms with Crippen LogP contribution in [-0.4, -0.2) is 44.3 Å². The molecule has 0 heterocycles. The zero-order chi connectivity index (χ0) is 31.0. The van der Waals surface area contributed by atoms with Gasteiger partial charge in [0.1, 0.15) is 12.6 Å². The Bertz CT molecular complexity index is 1650. The third kappa shape index (κ3) is 8.25. The molecule has 1 N–H and O–H groups in total. The quantitative estimate of drug-likeness (QED) is 0.188. The first-order valence-electron chi connectivity index (χ1n) is 13.8. The minimum atomic E-state index is -4.20. The van der Waals surface area contributed by atoms with E-state index >= 15 is 0 Å². The van der Waals surface area contributed by atoms with E-state index in [1.165, 1.54) is 23.1 Å². The summed E-state index contributed by atoms with van der Waals surface area (Å²) in [5.74, 6) is -0.859. The molecule has 0 saturated carbocycles. The predicted octanol–water partition coefficient (Wildman–Crippen LogP) is 6.38. The van der Waals surface area contributed by atoms with Crippen molar-refractivity contribution in [2.45, 2.75) is 37.8 Å². The van der Waals surface area contributed by atoms with Crippen LogP contribution in [0.2, 0.25) is 5.02 Å². The minimum absolute atomic E-state index is 0.0335. The Morgan fingerprint density at radius 2 is 1.51 bits per heavy atom. The molecule has 224 valence electrons. The summed E-state index contributed by atoms with van der Waals surface area (Å²) in [5, 5.41) is 3.20. The predicted molar refractivity (Wildman–Crippen MR) is 174 cm³/mol. The van der Waals surface area contributed by atoms with Crippen LogP contribution in [0.3, 0.4) is 0 Å². The summed E-state index contributed by atoms with van der Waals surface area (Å²) in [6.07, 6.45) is 0.247. The summed E-state index contributed by atoms with van der Waals surface area (Å²) in [7, 11) is -4.20. The van der Waals surface area contributed by atoms with Crippen molar-refractivity contribution in [2.24, 2.45) is 0 Å². The van der Waals surface area contributed by atoms with E-state index in [4.69, 9.17) is 11.6 Å². The third-order valence-electron chi connectivity index (χ3n) is 6.94. The van der Waals surface area contributed by atoms with Crippen molar-refractivity contribution in [3.8, 4) is 0 Å². The maximum Gasteiger partial charge on any atom is 0.264 e. The normalized spacial score (nSPS) is 11.9. The van der Waals surface area contributed by atoms with Crippen molar-refractivity contribution in [3.05, 3.63) is 129 Å². The van der Waals surface area contributed by atoms with Crippen molar-refractivity contribution in [2.75, 3.05) is 17.4 Å². The molecule has 10 heteroatoms. The fourth-order valence-corrected chi connectivity index (χ4v) is 6.64. The van der Waals surface area contributed by atoms with Crippen LogP contribution < -0.4 is 9.62 Å². The standard InChI is InChI=1S/C33H33BrClN3O4S/c1-3-36-33(40)31(20-25-10-6-4-7-11-25)37(22-26-15-17-27(34)18-16-26)32(39)23-38(30-21-28(35)19-14-24(30)2)43(41,42)29-12-8-5-9-13-29/h4-19,21,31H,3,20,22-23H2,1-2H3,(H,36,40). The molecule has 0 radical (unpaired) electrons. The Hall–Kier alpha value is -3.66. The molecule has 43 heavy (non-hydrogen) atoms. The summed E-state index contributed by atoms with van der Waals surface area (Å²) < 4.78 is 30.1. The maximum atomic E-state index is 14.4. The second kappa shape index (κ2) is 14.7. The van der Waals surface area contributed by atoms with Crippen LogP contribution in [0, 0.1) is 6.92 Å². The molecule has 1 atom stereocenters. The van der Waals surface area contributed by atoms with Gasteiger partial charge in [0.25, 0.3) is 10.0 Å². The molecule has 4 rings (SSSR count). The van der Waals surface area contributed by atoms with Crippen LogP contribution in [0.1, 0.15) is 23.6 Å². The molecule has 0 aromatic heterocycles. The van der Waals surface area contributed by atoms with E-state index < -0.39 is 28.5 Å². The average molecular weight is 683 g/mol. The fourth-order valence-electron chi connectivity index (χ4n) is 4.72. The zero-order valence-electron chi connectivity index (χ0n) is 23.9. The number of hydrogen-bond donors (Lipinski definition) is 1. The van der Waals surface area contributed by atoms with Crippen LogP contribution in [0.15, 0.2) is 112 Å². The lowest BCUT2D eigenvalue weighted by Gasteiger charge is -2.34. The van der Waals surface area contributed by atoms with E-state index in [1.807, 2.05) is 61.5 Å². The number of hydrogen-bond acceptors (Lipinski definition) is 4. The highest BCUT2D eigenvalue weighted by Crippen LogP contribution is 2.30. The van der Waals surface area contributed by atoms with E-state index in [0.29, 0.717) is 17.1 Å². The van der Waals surface area contributed by atoms with E-state index in [1.54, 1.807) is 37.3 Å². The number of anilines is 1. The van der Waals surface area contributed by atoms with Crippen LogP contribution >= 0.6 is 27.5 Å². The fraction of sp³-hybridized carbons (Fsp3) is 0.212. The molecule has 0 aliphatic carbocycles. The number of carbonyl (C=O) groups excluding carboxylic acids is 2. The second-order valence-corrected chi connectivity index (χ2v) is 13.2. The lowest BCUT2D eigenvalue weighted by Crippen LogP contribution is -2.53. The highest BCUT2D eigenvalue weighted by molar-refractivity contribution is 9.10. The molecule has 4 aromatic rings. The Labute approximate surface area is 266 Å². The molecule has 0 spiro atoms. The number of sulfonamides is 1. The molecule has 7 nitrogen and oxygen atoms in total. The highest BCUT2D eigenvalue weighted by Gasteiger charge is 2.35. The van der Waals surface area contributed by atoms with Gasteiger partial charge in [0.05, 0.1) is 10.6 Å². The molecule has 1 unspecified atom stereocenters. The third-order valence-corrected chi connectivity index (χ3v) is 9.48. The van der Waals surface area contributed by atoms with Gasteiger partial charge in [0.15, 0.2) is 0 Å². The lowest BCUT2D eigenvalue weighted by molar-refractivity contribution is -0.140. The zero-order valence-corrected chi connectivity index (χ0v) is 27.1. The number of nitrogens with one attached hydrogen (secondary N) is 1. The van der Waals surface area contributed by atoms with Gasteiger partial charge in [0.2, 0.25) is 11.8 Å². The van der Waals surface area contributed by atoms with Crippen molar-refractivity contribution >= 4 is 55.1 Å². The number of nitrogens with zero attached hydrogens (tertiary/aromatic N) is 2. The number of amides is 2. The van der Waals surface area contributed by atoms with Crippen molar-refractivity contribution in [1.29, 1.82) is 0 Å². The Balaban J connectivity index is 1.81. The topological polar surface area (TPSA) is 86.8 Å². The number of benzene rings is 4. The van der Waals surface area contributed by atoms with Gasteiger partial charge in [-0.3, -0.25) is 13.9 Å². The molecule has 0 saturated heterocycles. The van der Waals surface area contributed by atoms with Crippen LogP contribution in [-0.2, 0) is 32.6 Å². The number of likely N-dealkylation sites (N-methyl/N-ethyl adjacent to an activating group) is 1. The van der Waals surface area contributed by atoms with Gasteiger partial charge in [-0.2, -0.15) is 0 Å². The van der Waals surface area contributed by atoms with Crippen LogP contribution in [0.4, 0.5) is 5.69 Å². The molecular formula is C33H33BrClN3O4S. The molecule has 4 aromatic carbocycles. The van der Waals surface area contributed by atoms with Crippen LogP contribution in [0.5, 0.6) is 0 Å². The molecule has 0 bridgehead atoms. The molecule has 2 amide bonds. The summed E-state index contributed by atoms with van der Waals surface area (Å²) >= 11 is 9.76. The molecule has 0 aliphatic rings. The van der Waals surface area contributed by atoms with Crippen LogP contribution in [0.25, 0.3) is 0 Å². The minimum Gasteiger partial charge on any atom is -0.355 e. The smallest absolute Gasteiger partial charge is 0.264 e. The summed E-state index contributed by atoms with van der Waals surface area (Å²) in [5.41, 5.74) is 2.56. The summed E-state index contributed by atoms with van der Waals surface area (Å²) in [6.45, 7) is 3.50. The SMILES string of the molecule is CCNC(=O)C(Cc1ccccc1)N(Cc1ccc(Br)cc1)C(=O)CN(c1cc(Cl)ccc1C)S(=O)(=O)c1ccccc1. The second-order valence-electron chi connectivity index (χ2n) is 10.0.